The molecule has 0 aliphatic carbocycles. The van der Waals surface area contributed by atoms with Crippen LogP contribution >= 0.6 is 0 Å². The first-order chi connectivity index (χ1) is 13.4. The number of nitrogens with one attached hydrogen (secondary N) is 1. The first-order valence-corrected chi connectivity index (χ1v) is 9.02. The quantitative estimate of drug-likeness (QED) is 0.557. The third kappa shape index (κ3) is 2.71. The number of aliphatic hydroxyl groups is 1. The Labute approximate surface area is 161 Å². The van der Waals surface area contributed by atoms with Gasteiger partial charge in [0.25, 0.3) is 5.91 Å². The van der Waals surface area contributed by atoms with E-state index in [4.69, 9.17) is 0 Å². The van der Waals surface area contributed by atoms with Gasteiger partial charge in [-0.1, -0.05) is 18.2 Å². The molecule has 0 saturated carbocycles. The minimum atomic E-state index is -0.532. The highest BCUT2D eigenvalue weighted by atomic mass is 16.3. The number of aromatic hydroxyl groups is 2. The zero-order valence-corrected chi connectivity index (χ0v) is 15.6. The van der Waals surface area contributed by atoms with Crippen LogP contribution in [0.3, 0.4) is 0 Å². The van der Waals surface area contributed by atoms with Gasteiger partial charge in [-0.3, -0.25) is 9.89 Å². The molecular weight excluding hydrogens is 358 g/mol. The second-order valence-corrected chi connectivity index (χ2v) is 7.06. The van der Waals surface area contributed by atoms with Crippen molar-refractivity contribution in [2.75, 3.05) is 13.2 Å². The van der Waals surface area contributed by atoms with Gasteiger partial charge in [0.2, 0.25) is 0 Å². The summed E-state index contributed by atoms with van der Waals surface area (Å²) in [5.41, 5.74) is 4.37. The van der Waals surface area contributed by atoms with E-state index in [2.05, 4.69) is 10.2 Å². The number of aromatic amines is 1. The molecule has 0 fully saturated rings. The molecule has 1 aliphatic rings. The van der Waals surface area contributed by atoms with Gasteiger partial charge < -0.3 is 20.2 Å². The number of amides is 1. The molecule has 0 radical (unpaired) electrons. The summed E-state index contributed by atoms with van der Waals surface area (Å²) in [4.78, 5) is 14.5. The average molecular weight is 379 g/mol. The van der Waals surface area contributed by atoms with E-state index in [1.165, 1.54) is 0 Å². The molecular formula is C21H21N3O4. The smallest absolute Gasteiger partial charge is 0.273 e. The first kappa shape index (κ1) is 18.1. The van der Waals surface area contributed by atoms with Crippen LogP contribution in [0.5, 0.6) is 11.5 Å². The van der Waals surface area contributed by atoms with Gasteiger partial charge in [-0.15, -0.1) is 0 Å². The van der Waals surface area contributed by atoms with E-state index in [0.717, 1.165) is 11.1 Å². The van der Waals surface area contributed by atoms with Crippen LogP contribution in [-0.2, 0) is 0 Å². The number of H-pyrrole nitrogens is 1. The fourth-order valence-electron chi connectivity index (χ4n) is 3.92. The Balaban J connectivity index is 1.95. The summed E-state index contributed by atoms with van der Waals surface area (Å²) < 4.78 is 0. The third-order valence-corrected chi connectivity index (χ3v) is 5.09. The normalized spacial score (nSPS) is 15.9. The molecule has 1 aromatic heterocycles. The van der Waals surface area contributed by atoms with Gasteiger partial charge in [0, 0.05) is 17.7 Å². The summed E-state index contributed by atoms with van der Waals surface area (Å²) >= 11 is 0. The molecule has 2 heterocycles. The molecule has 1 atom stereocenters. The largest absolute Gasteiger partial charge is 0.508 e. The van der Waals surface area contributed by atoms with Crippen LogP contribution in [0.2, 0.25) is 0 Å². The SMILES string of the molecule is Cc1cc(C)c(O)c(-c2n[nH]c3c2[C@H](c2cccc(O)c2)N(CCO)C3=O)c1. The molecule has 3 aromatic rings. The number of β-amino-alcohol motifs (C(OH)–C–C–N with tert-alkyl or cyclic N) is 1. The van der Waals surface area contributed by atoms with Gasteiger partial charge in [-0.2, -0.15) is 5.10 Å². The van der Waals surface area contributed by atoms with E-state index >= 15 is 0 Å². The molecule has 0 unspecified atom stereocenters. The van der Waals surface area contributed by atoms with Gasteiger partial charge in [-0.05, 0) is 48.7 Å². The molecule has 2 aromatic carbocycles. The zero-order valence-electron chi connectivity index (χ0n) is 15.6. The first-order valence-electron chi connectivity index (χ1n) is 9.02. The van der Waals surface area contributed by atoms with Crippen molar-refractivity contribution in [3.63, 3.8) is 0 Å². The van der Waals surface area contributed by atoms with Crippen LogP contribution in [0.4, 0.5) is 0 Å². The minimum absolute atomic E-state index is 0.0849. The molecule has 7 heteroatoms. The lowest BCUT2D eigenvalue weighted by Crippen LogP contribution is -2.32. The Morgan fingerprint density at radius 3 is 2.68 bits per heavy atom. The standard InChI is InChI=1S/C21H21N3O4/c1-11-8-12(2)20(27)15(9-11)17-16-18(23-22-17)21(28)24(6-7-25)19(16)13-4-3-5-14(26)10-13/h3-5,8-10,19,25-27H,6-7H2,1-2H3,(H,22,23)/t19-/m0/s1. The maximum Gasteiger partial charge on any atom is 0.273 e. The number of aryl methyl sites for hydroxylation is 2. The predicted octanol–water partition coefficient (Wildman–Crippen LogP) is 2.64. The van der Waals surface area contributed by atoms with Crippen LogP contribution in [0.15, 0.2) is 36.4 Å². The van der Waals surface area contributed by atoms with E-state index in [1.54, 1.807) is 23.1 Å². The number of phenols is 2. The Bertz CT molecular complexity index is 1070. The van der Waals surface area contributed by atoms with Gasteiger partial charge in [-0.25, -0.2) is 0 Å². The van der Waals surface area contributed by atoms with Crippen LogP contribution < -0.4 is 0 Å². The molecule has 0 saturated heterocycles. The predicted molar refractivity (Wildman–Crippen MR) is 103 cm³/mol. The van der Waals surface area contributed by atoms with Crippen molar-refractivity contribution in [3.8, 4) is 22.8 Å². The number of fused-ring (bicyclic) bond motifs is 1. The van der Waals surface area contributed by atoms with Crippen molar-refractivity contribution in [2.45, 2.75) is 19.9 Å². The van der Waals surface area contributed by atoms with Crippen LogP contribution in [-0.4, -0.2) is 49.5 Å². The van der Waals surface area contributed by atoms with Crippen LogP contribution in [0.25, 0.3) is 11.3 Å². The number of rotatable bonds is 4. The van der Waals surface area contributed by atoms with Gasteiger partial charge in [0.1, 0.15) is 22.9 Å². The second-order valence-electron chi connectivity index (χ2n) is 7.06. The minimum Gasteiger partial charge on any atom is -0.508 e. The van der Waals surface area contributed by atoms with Gasteiger partial charge >= 0.3 is 0 Å². The summed E-state index contributed by atoms with van der Waals surface area (Å²) in [5, 5.41) is 37.2. The molecule has 28 heavy (non-hydrogen) atoms. The lowest BCUT2D eigenvalue weighted by molar-refractivity contribution is 0.0706. The van der Waals surface area contributed by atoms with E-state index in [-0.39, 0.29) is 30.6 Å². The number of nitrogens with zero attached hydrogens (tertiary/aromatic N) is 2. The van der Waals surface area contributed by atoms with Crippen molar-refractivity contribution in [2.24, 2.45) is 0 Å². The molecule has 1 aliphatic heterocycles. The lowest BCUT2D eigenvalue weighted by atomic mass is 9.94. The van der Waals surface area contributed by atoms with E-state index in [9.17, 15) is 20.1 Å². The summed E-state index contributed by atoms with van der Waals surface area (Å²) in [7, 11) is 0. The second kappa shape index (κ2) is 6.69. The molecule has 4 N–H and O–H groups in total. The summed E-state index contributed by atoms with van der Waals surface area (Å²) in [6.07, 6.45) is 0. The van der Waals surface area contributed by atoms with Crippen molar-refractivity contribution >= 4 is 5.91 Å². The van der Waals surface area contributed by atoms with Crippen molar-refractivity contribution in [1.82, 2.24) is 15.1 Å². The van der Waals surface area contributed by atoms with E-state index in [1.807, 2.05) is 32.0 Å². The lowest BCUT2D eigenvalue weighted by Gasteiger charge is -2.25. The number of carbonyl (C=O) groups excluding carboxylic acids is 1. The topological polar surface area (TPSA) is 110 Å². The number of hydrogen-bond acceptors (Lipinski definition) is 5. The molecule has 1 amide bonds. The van der Waals surface area contributed by atoms with Crippen molar-refractivity contribution in [1.29, 1.82) is 0 Å². The number of aliphatic hydroxyl groups excluding tert-OH is 1. The maximum absolute atomic E-state index is 12.9. The number of phenolic OH excluding ortho intramolecular Hbond substituents is 2. The Morgan fingerprint density at radius 1 is 1.18 bits per heavy atom. The maximum atomic E-state index is 12.9. The molecule has 144 valence electrons. The highest BCUT2D eigenvalue weighted by Gasteiger charge is 2.42. The number of hydrogen-bond donors (Lipinski definition) is 4. The summed E-state index contributed by atoms with van der Waals surface area (Å²) in [5.74, 6) is -0.0794. The Morgan fingerprint density at radius 2 is 1.96 bits per heavy atom. The Kier molecular flexibility index (Phi) is 4.31. The monoisotopic (exact) mass is 379 g/mol. The molecule has 4 rings (SSSR count). The fourth-order valence-corrected chi connectivity index (χ4v) is 3.92. The van der Waals surface area contributed by atoms with Crippen LogP contribution in [0.1, 0.15) is 38.8 Å². The molecule has 0 spiro atoms. The number of aromatic nitrogens is 2. The zero-order chi connectivity index (χ0) is 20.0. The number of carbonyl (C=O) groups is 1. The highest BCUT2D eigenvalue weighted by Crippen LogP contribution is 2.45. The molecule has 0 bridgehead atoms. The third-order valence-electron chi connectivity index (χ3n) is 5.09. The van der Waals surface area contributed by atoms with Crippen LogP contribution in [0, 0.1) is 13.8 Å². The number of benzene rings is 2. The summed E-state index contributed by atoms with van der Waals surface area (Å²) in [6.45, 7) is 3.69. The summed E-state index contributed by atoms with van der Waals surface area (Å²) in [6, 6.07) is 9.85. The van der Waals surface area contributed by atoms with E-state index < -0.39 is 6.04 Å². The molecule has 7 nitrogen and oxygen atoms in total. The van der Waals surface area contributed by atoms with Crippen molar-refractivity contribution < 1.29 is 20.1 Å². The van der Waals surface area contributed by atoms with Gasteiger partial charge in [0.05, 0.1) is 12.6 Å². The van der Waals surface area contributed by atoms with E-state index in [0.29, 0.717) is 28.1 Å². The average Bonchev–Trinajstić information content (AvgIpc) is 3.18. The fraction of sp³-hybridized carbons (Fsp3) is 0.238. The highest BCUT2D eigenvalue weighted by molar-refractivity contribution is 6.00. The van der Waals surface area contributed by atoms with Crippen molar-refractivity contribution in [3.05, 3.63) is 64.3 Å². The van der Waals surface area contributed by atoms with Gasteiger partial charge in [0.15, 0.2) is 0 Å². The Hall–Kier alpha value is -3.32.